The van der Waals surface area contributed by atoms with Crippen molar-refractivity contribution in [3.05, 3.63) is 0 Å². The SMILES string of the molecule is CCNC(CS(C)(=O)=O)C1CCOC2(CCOCC2)C1. The van der Waals surface area contributed by atoms with Gasteiger partial charge < -0.3 is 14.8 Å². The largest absolute Gasteiger partial charge is 0.381 e. The van der Waals surface area contributed by atoms with Crippen LogP contribution in [0.3, 0.4) is 0 Å². The molecule has 0 radical (unpaired) electrons. The molecule has 2 heterocycles. The fraction of sp³-hybridized carbons (Fsp3) is 1.00. The zero-order valence-electron chi connectivity index (χ0n) is 12.6. The van der Waals surface area contributed by atoms with Crippen molar-refractivity contribution < 1.29 is 17.9 Å². The molecule has 2 rings (SSSR count). The molecule has 0 saturated carbocycles. The van der Waals surface area contributed by atoms with Crippen molar-refractivity contribution in [2.75, 3.05) is 38.4 Å². The molecule has 0 bridgehead atoms. The summed E-state index contributed by atoms with van der Waals surface area (Å²) in [5, 5.41) is 3.36. The third kappa shape index (κ3) is 4.41. The lowest BCUT2D eigenvalue weighted by Crippen LogP contribution is -2.51. The Kier molecular flexibility index (Phi) is 5.45. The average Bonchev–Trinajstić information content (AvgIpc) is 2.38. The third-order valence-electron chi connectivity index (χ3n) is 4.45. The minimum Gasteiger partial charge on any atom is -0.381 e. The Balaban J connectivity index is 2.04. The topological polar surface area (TPSA) is 64.6 Å². The van der Waals surface area contributed by atoms with Crippen molar-refractivity contribution in [1.82, 2.24) is 5.32 Å². The summed E-state index contributed by atoms with van der Waals surface area (Å²) in [5.74, 6) is 0.592. The first kappa shape index (κ1) is 16.2. The fourth-order valence-corrected chi connectivity index (χ4v) is 4.49. The second-order valence-electron chi connectivity index (χ2n) is 6.15. The summed E-state index contributed by atoms with van der Waals surface area (Å²) >= 11 is 0. The Morgan fingerprint density at radius 1 is 1.30 bits per heavy atom. The van der Waals surface area contributed by atoms with E-state index in [1.165, 1.54) is 6.26 Å². The molecule has 2 fully saturated rings. The second-order valence-corrected chi connectivity index (χ2v) is 8.34. The highest BCUT2D eigenvalue weighted by atomic mass is 32.2. The Bertz CT molecular complexity index is 398. The first-order chi connectivity index (χ1) is 9.44. The number of nitrogens with one attached hydrogen (secondary N) is 1. The van der Waals surface area contributed by atoms with E-state index < -0.39 is 9.84 Å². The summed E-state index contributed by atoms with van der Waals surface area (Å²) in [5.41, 5.74) is -0.0770. The van der Waals surface area contributed by atoms with E-state index in [4.69, 9.17) is 9.47 Å². The molecule has 2 unspecified atom stereocenters. The lowest BCUT2D eigenvalue weighted by Gasteiger charge is -2.45. The molecule has 20 heavy (non-hydrogen) atoms. The van der Waals surface area contributed by atoms with Crippen molar-refractivity contribution >= 4 is 9.84 Å². The second kappa shape index (κ2) is 6.73. The van der Waals surface area contributed by atoms with Gasteiger partial charge >= 0.3 is 0 Å². The number of ether oxygens (including phenoxy) is 2. The minimum absolute atomic E-state index is 0.0404. The molecule has 2 atom stereocenters. The van der Waals surface area contributed by atoms with E-state index in [2.05, 4.69) is 5.32 Å². The molecule has 2 aliphatic rings. The standard InChI is InChI=1S/C14H27NO4S/c1-3-15-13(11-20(2,16)17)12-4-7-19-14(10-12)5-8-18-9-6-14/h12-13,15H,3-11H2,1-2H3. The van der Waals surface area contributed by atoms with Crippen LogP contribution in [0.15, 0.2) is 0 Å². The maximum Gasteiger partial charge on any atom is 0.148 e. The molecule has 0 aromatic carbocycles. The van der Waals surface area contributed by atoms with Crippen molar-refractivity contribution in [1.29, 1.82) is 0 Å². The monoisotopic (exact) mass is 305 g/mol. The number of rotatable bonds is 5. The van der Waals surface area contributed by atoms with Crippen LogP contribution in [0.1, 0.15) is 32.6 Å². The normalized spacial score (nSPS) is 28.4. The van der Waals surface area contributed by atoms with E-state index in [0.717, 1.165) is 52.0 Å². The van der Waals surface area contributed by atoms with Crippen LogP contribution < -0.4 is 5.32 Å². The van der Waals surface area contributed by atoms with Crippen LogP contribution in [0.5, 0.6) is 0 Å². The molecule has 2 saturated heterocycles. The summed E-state index contributed by atoms with van der Waals surface area (Å²) in [7, 11) is -2.97. The van der Waals surface area contributed by atoms with Gasteiger partial charge in [0.15, 0.2) is 0 Å². The third-order valence-corrected chi connectivity index (χ3v) is 5.42. The van der Waals surface area contributed by atoms with Gasteiger partial charge in [-0.15, -0.1) is 0 Å². The van der Waals surface area contributed by atoms with E-state index in [-0.39, 0.29) is 17.4 Å². The van der Waals surface area contributed by atoms with E-state index in [9.17, 15) is 8.42 Å². The molecule has 2 aliphatic heterocycles. The quantitative estimate of drug-likeness (QED) is 0.820. The zero-order chi connectivity index (χ0) is 14.6. The van der Waals surface area contributed by atoms with Gasteiger partial charge in [0, 0.05) is 32.1 Å². The van der Waals surface area contributed by atoms with E-state index in [0.29, 0.717) is 5.92 Å². The van der Waals surface area contributed by atoms with Gasteiger partial charge in [0.05, 0.1) is 11.4 Å². The number of hydrogen-bond acceptors (Lipinski definition) is 5. The van der Waals surface area contributed by atoms with Gasteiger partial charge in [-0.1, -0.05) is 6.92 Å². The van der Waals surface area contributed by atoms with Crippen molar-refractivity contribution in [2.45, 2.75) is 44.2 Å². The lowest BCUT2D eigenvalue weighted by molar-refractivity contribution is -0.149. The van der Waals surface area contributed by atoms with Gasteiger partial charge in [-0.2, -0.15) is 0 Å². The smallest absolute Gasteiger partial charge is 0.148 e. The Morgan fingerprint density at radius 3 is 2.60 bits per heavy atom. The van der Waals surface area contributed by atoms with Crippen molar-refractivity contribution in [3.63, 3.8) is 0 Å². The van der Waals surface area contributed by atoms with Crippen LogP contribution in [0.4, 0.5) is 0 Å². The molecule has 0 amide bonds. The van der Waals surface area contributed by atoms with Crippen LogP contribution in [-0.2, 0) is 19.3 Å². The predicted molar refractivity (Wildman–Crippen MR) is 78.6 cm³/mol. The summed E-state index contributed by atoms with van der Waals surface area (Å²) in [6.45, 7) is 5.07. The Labute approximate surface area is 122 Å². The van der Waals surface area contributed by atoms with Crippen molar-refractivity contribution in [3.8, 4) is 0 Å². The molecule has 118 valence electrons. The van der Waals surface area contributed by atoms with Gasteiger partial charge in [0.2, 0.25) is 0 Å². The molecule has 5 nitrogen and oxygen atoms in total. The molecule has 1 spiro atoms. The van der Waals surface area contributed by atoms with Gasteiger partial charge in [0.1, 0.15) is 9.84 Å². The minimum atomic E-state index is -2.97. The van der Waals surface area contributed by atoms with Gasteiger partial charge in [-0.25, -0.2) is 8.42 Å². The van der Waals surface area contributed by atoms with Crippen LogP contribution >= 0.6 is 0 Å². The molecular weight excluding hydrogens is 278 g/mol. The maximum absolute atomic E-state index is 11.6. The van der Waals surface area contributed by atoms with Crippen LogP contribution in [0.2, 0.25) is 0 Å². The van der Waals surface area contributed by atoms with Crippen molar-refractivity contribution in [2.24, 2.45) is 5.92 Å². The summed E-state index contributed by atoms with van der Waals surface area (Å²) in [6.07, 6.45) is 5.07. The summed E-state index contributed by atoms with van der Waals surface area (Å²) < 4.78 is 34.7. The van der Waals surface area contributed by atoms with Crippen LogP contribution in [-0.4, -0.2) is 58.4 Å². The first-order valence-electron chi connectivity index (χ1n) is 7.57. The van der Waals surface area contributed by atoms with Gasteiger partial charge in [-0.3, -0.25) is 0 Å². The summed E-state index contributed by atoms with van der Waals surface area (Å²) in [6, 6.07) is 0.0404. The Hall–Kier alpha value is -0.170. The van der Waals surface area contributed by atoms with Gasteiger partial charge in [0.25, 0.3) is 0 Å². The summed E-state index contributed by atoms with van der Waals surface area (Å²) in [4.78, 5) is 0. The number of sulfone groups is 1. The highest BCUT2D eigenvalue weighted by molar-refractivity contribution is 7.90. The molecular formula is C14H27NO4S. The molecule has 0 aromatic heterocycles. The molecule has 1 N–H and O–H groups in total. The average molecular weight is 305 g/mol. The van der Waals surface area contributed by atoms with E-state index in [1.807, 2.05) is 6.92 Å². The van der Waals surface area contributed by atoms with Gasteiger partial charge in [-0.05, 0) is 38.1 Å². The first-order valence-corrected chi connectivity index (χ1v) is 9.63. The van der Waals surface area contributed by atoms with E-state index >= 15 is 0 Å². The molecule has 0 aliphatic carbocycles. The number of hydrogen-bond donors (Lipinski definition) is 1. The lowest BCUT2D eigenvalue weighted by atomic mass is 9.78. The zero-order valence-corrected chi connectivity index (χ0v) is 13.4. The van der Waals surface area contributed by atoms with Crippen LogP contribution in [0, 0.1) is 5.92 Å². The fourth-order valence-electron chi connectivity index (χ4n) is 3.45. The van der Waals surface area contributed by atoms with E-state index in [1.54, 1.807) is 0 Å². The van der Waals surface area contributed by atoms with Crippen LogP contribution in [0.25, 0.3) is 0 Å². The Morgan fingerprint density at radius 2 is 2.00 bits per heavy atom. The molecule has 6 heteroatoms. The maximum atomic E-state index is 11.6. The molecule has 0 aromatic rings. The highest BCUT2D eigenvalue weighted by Gasteiger charge is 2.41. The predicted octanol–water partition coefficient (Wildman–Crippen LogP) is 0.985. The highest BCUT2D eigenvalue weighted by Crippen LogP contribution is 2.38.